The number of nitrogens with zero attached hydrogens (tertiary/aromatic N) is 4. The minimum atomic E-state index is -2.76. The van der Waals surface area contributed by atoms with E-state index in [0.29, 0.717) is 28.0 Å². The van der Waals surface area contributed by atoms with Gasteiger partial charge in [-0.3, -0.25) is 9.78 Å². The molecule has 1 amide bonds. The monoisotopic (exact) mass is 506 g/mol. The highest BCUT2D eigenvalue weighted by Gasteiger charge is 2.26. The third-order valence-electron chi connectivity index (χ3n) is 5.70. The summed E-state index contributed by atoms with van der Waals surface area (Å²) in [7, 11) is 0. The van der Waals surface area contributed by atoms with Crippen molar-refractivity contribution in [3.05, 3.63) is 90.5 Å². The highest BCUT2D eigenvalue weighted by molar-refractivity contribution is 6.00. The number of benzene rings is 1. The van der Waals surface area contributed by atoms with Gasteiger partial charge in [-0.15, -0.1) is 0 Å². The molecule has 0 saturated heterocycles. The number of hydrogen-bond donors (Lipinski definition) is 2. The highest BCUT2D eigenvalue weighted by atomic mass is 19.3. The summed E-state index contributed by atoms with van der Waals surface area (Å²) < 4.78 is 53.6. The van der Waals surface area contributed by atoms with Gasteiger partial charge in [0.1, 0.15) is 17.2 Å². The van der Waals surface area contributed by atoms with Crippen LogP contribution in [0.3, 0.4) is 0 Å². The standard InChI is InChI=1S/C26H18F4N6O/c27-16-6-4-14(5-7-16)17(12-19(28)29)26(37)35-21-11-15(8-10-32-21)23-22(18-3-1-2-9-31-18)24-25(36-23)34-20(30)13-33-24/h1-11,13,17,19H,12H2,(H,34,36)(H,32,35,37). The van der Waals surface area contributed by atoms with Crippen LogP contribution in [0.1, 0.15) is 17.9 Å². The fraction of sp³-hybridized carbons (Fsp3) is 0.115. The van der Waals surface area contributed by atoms with Crippen molar-refractivity contribution in [3.63, 3.8) is 0 Å². The Hall–Kier alpha value is -4.67. The molecular weight excluding hydrogens is 488 g/mol. The minimum Gasteiger partial charge on any atom is -0.337 e. The zero-order valence-corrected chi connectivity index (χ0v) is 19.0. The van der Waals surface area contributed by atoms with E-state index < -0.39 is 36.4 Å². The summed E-state index contributed by atoms with van der Waals surface area (Å²) in [5, 5.41) is 2.57. The van der Waals surface area contributed by atoms with Crippen molar-refractivity contribution in [3.8, 4) is 22.5 Å². The lowest BCUT2D eigenvalue weighted by atomic mass is 9.95. The lowest BCUT2D eigenvalue weighted by Gasteiger charge is -2.17. The molecule has 0 aliphatic heterocycles. The molecule has 1 aromatic carbocycles. The van der Waals surface area contributed by atoms with Crippen LogP contribution >= 0.6 is 0 Å². The molecule has 4 aromatic heterocycles. The molecule has 0 radical (unpaired) electrons. The Morgan fingerprint density at radius 2 is 1.78 bits per heavy atom. The Bertz CT molecular complexity index is 1560. The number of pyridine rings is 2. The molecule has 0 saturated carbocycles. The summed E-state index contributed by atoms with van der Waals surface area (Å²) in [6.45, 7) is 0. The number of carbonyl (C=O) groups is 1. The molecule has 1 unspecified atom stereocenters. The second-order valence-electron chi connectivity index (χ2n) is 8.13. The number of amides is 1. The fourth-order valence-corrected chi connectivity index (χ4v) is 4.05. The second-order valence-corrected chi connectivity index (χ2v) is 8.13. The average Bonchev–Trinajstić information content (AvgIpc) is 3.27. The molecule has 0 aliphatic rings. The molecule has 5 rings (SSSR count). The number of H-pyrrole nitrogens is 1. The number of hydrogen-bond acceptors (Lipinski definition) is 5. The van der Waals surface area contributed by atoms with Crippen LogP contribution in [0.4, 0.5) is 23.4 Å². The van der Waals surface area contributed by atoms with Crippen molar-refractivity contribution in [2.24, 2.45) is 0 Å². The molecule has 5 aromatic rings. The van der Waals surface area contributed by atoms with E-state index in [2.05, 4.69) is 30.2 Å². The topological polar surface area (TPSA) is 96.5 Å². The van der Waals surface area contributed by atoms with E-state index in [1.165, 1.54) is 24.4 Å². The van der Waals surface area contributed by atoms with Gasteiger partial charge >= 0.3 is 0 Å². The number of fused-ring (bicyclic) bond motifs is 1. The van der Waals surface area contributed by atoms with Gasteiger partial charge in [0.25, 0.3) is 0 Å². The number of anilines is 1. The third-order valence-corrected chi connectivity index (χ3v) is 5.70. The Balaban J connectivity index is 1.52. The van der Waals surface area contributed by atoms with Crippen LogP contribution in [0.25, 0.3) is 33.7 Å². The van der Waals surface area contributed by atoms with E-state index in [1.807, 2.05) is 0 Å². The molecule has 186 valence electrons. The molecule has 11 heteroatoms. The molecule has 2 N–H and O–H groups in total. The van der Waals surface area contributed by atoms with Gasteiger partial charge in [-0.1, -0.05) is 18.2 Å². The number of carbonyl (C=O) groups excluding carboxylic acids is 1. The number of alkyl halides is 2. The predicted octanol–water partition coefficient (Wildman–Crippen LogP) is 5.74. The first-order chi connectivity index (χ1) is 17.9. The van der Waals surface area contributed by atoms with Crippen molar-refractivity contribution in [1.82, 2.24) is 24.9 Å². The average molecular weight is 506 g/mol. The normalized spacial score (nSPS) is 12.1. The molecule has 0 aliphatic carbocycles. The fourth-order valence-electron chi connectivity index (χ4n) is 4.05. The van der Waals surface area contributed by atoms with E-state index in [4.69, 9.17) is 0 Å². The Kier molecular flexibility index (Phi) is 6.59. The lowest BCUT2D eigenvalue weighted by molar-refractivity contribution is -0.118. The van der Waals surface area contributed by atoms with Gasteiger partial charge in [0, 0.05) is 24.4 Å². The molecule has 0 spiro atoms. The van der Waals surface area contributed by atoms with Crippen molar-refractivity contribution >= 4 is 22.9 Å². The maximum atomic E-state index is 13.8. The summed E-state index contributed by atoms with van der Waals surface area (Å²) in [5.74, 6) is -3.15. The number of aromatic nitrogens is 5. The van der Waals surface area contributed by atoms with Crippen LogP contribution in [0, 0.1) is 11.8 Å². The minimum absolute atomic E-state index is 0.0987. The van der Waals surface area contributed by atoms with Crippen LogP contribution in [-0.2, 0) is 4.79 Å². The van der Waals surface area contributed by atoms with Gasteiger partial charge in [-0.05, 0) is 42.0 Å². The molecule has 1 atom stereocenters. The molecule has 37 heavy (non-hydrogen) atoms. The second kappa shape index (κ2) is 10.1. The maximum Gasteiger partial charge on any atom is 0.239 e. The van der Waals surface area contributed by atoms with Gasteiger partial charge in [-0.25, -0.2) is 23.1 Å². The predicted molar refractivity (Wildman–Crippen MR) is 129 cm³/mol. The zero-order chi connectivity index (χ0) is 25.9. The SMILES string of the molecule is O=C(Nc1cc(-c2[nH]c3nc(F)cnc3c2-c2ccccn2)ccn1)C(CC(F)F)c1ccc(F)cc1. The summed E-state index contributed by atoms with van der Waals surface area (Å²) >= 11 is 0. The van der Waals surface area contributed by atoms with E-state index >= 15 is 0 Å². The van der Waals surface area contributed by atoms with Gasteiger partial charge in [0.15, 0.2) is 5.65 Å². The smallest absolute Gasteiger partial charge is 0.239 e. The van der Waals surface area contributed by atoms with Crippen molar-refractivity contribution < 1.29 is 22.4 Å². The van der Waals surface area contributed by atoms with Gasteiger partial charge in [0.05, 0.1) is 29.1 Å². The lowest BCUT2D eigenvalue weighted by Crippen LogP contribution is -2.23. The summed E-state index contributed by atoms with van der Waals surface area (Å²) in [4.78, 5) is 32.6. The quantitative estimate of drug-likeness (QED) is 0.275. The van der Waals surface area contributed by atoms with Gasteiger partial charge in [0.2, 0.25) is 18.3 Å². The van der Waals surface area contributed by atoms with Crippen LogP contribution in [0.2, 0.25) is 0 Å². The first-order valence-corrected chi connectivity index (χ1v) is 11.2. The van der Waals surface area contributed by atoms with Crippen molar-refractivity contribution in [2.45, 2.75) is 18.8 Å². The molecule has 4 heterocycles. The van der Waals surface area contributed by atoms with E-state index in [1.54, 1.807) is 30.5 Å². The highest BCUT2D eigenvalue weighted by Crippen LogP contribution is 2.36. The van der Waals surface area contributed by atoms with Crippen LogP contribution in [-0.4, -0.2) is 37.3 Å². The first-order valence-electron chi connectivity index (χ1n) is 11.2. The first kappa shape index (κ1) is 24.0. The number of nitrogens with one attached hydrogen (secondary N) is 2. The molecule has 7 nitrogen and oxygen atoms in total. The van der Waals surface area contributed by atoms with E-state index in [-0.39, 0.29) is 17.0 Å². The number of aromatic amines is 1. The van der Waals surface area contributed by atoms with Crippen molar-refractivity contribution in [1.29, 1.82) is 0 Å². The molecule has 0 bridgehead atoms. The van der Waals surface area contributed by atoms with Crippen LogP contribution in [0.15, 0.2) is 73.2 Å². The number of rotatable bonds is 7. The van der Waals surface area contributed by atoms with Gasteiger partial charge in [-0.2, -0.15) is 9.37 Å². The number of halogens is 4. The largest absolute Gasteiger partial charge is 0.337 e. The van der Waals surface area contributed by atoms with Crippen LogP contribution in [0.5, 0.6) is 0 Å². The Morgan fingerprint density at radius 1 is 0.973 bits per heavy atom. The molecular formula is C26H18F4N6O. The van der Waals surface area contributed by atoms with Gasteiger partial charge < -0.3 is 10.3 Å². The summed E-state index contributed by atoms with van der Waals surface area (Å²) in [6.07, 6.45) is 0.536. The van der Waals surface area contributed by atoms with E-state index in [9.17, 15) is 22.4 Å². The summed E-state index contributed by atoms with van der Waals surface area (Å²) in [6, 6.07) is 13.3. The summed E-state index contributed by atoms with van der Waals surface area (Å²) in [5.41, 5.74) is 3.01. The Morgan fingerprint density at radius 3 is 2.51 bits per heavy atom. The van der Waals surface area contributed by atoms with E-state index in [0.717, 1.165) is 18.3 Å². The van der Waals surface area contributed by atoms with Crippen molar-refractivity contribution in [2.75, 3.05) is 5.32 Å². The Labute approximate surface area is 207 Å². The molecule has 0 fully saturated rings. The third kappa shape index (κ3) is 5.15. The van der Waals surface area contributed by atoms with Crippen LogP contribution < -0.4 is 5.32 Å². The zero-order valence-electron chi connectivity index (χ0n) is 19.0. The maximum absolute atomic E-state index is 13.8.